The molecule has 1 heterocycles. The van der Waals surface area contributed by atoms with E-state index in [1.54, 1.807) is 19.1 Å². The van der Waals surface area contributed by atoms with Gasteiger partial charge in [0.25, 0.3) is 0 Å². The van der Waals surface area contributed by atoms with E-state index in [0.717, 1.165) is 24.5 Å². The lowest BCUT2D eigenvalue weighted by atomic mass is 10.2. The van der Waals surface area contributed by atoms with Crippen LogP contribution in [0.15, 0.2) is 29.4 Å². The Kier molecular flexibility index (Phi) is 4.94. The van der Waals surface area contributed by atoms with Crippen LogP contribution >= 0.6 is 0 Å². The maximum atomic E-state index is 11.4. The molecule has 0 bridgehead atoms. The number of para-hydroxylation sites is 2. The summed E-state index contributed by atoms with van der Waals surface area (Å²) < 4.78 is 0. The van der Waals surface area contributed by atoms with Gasteiger partial charge in [0.15, 0.2) is 0 Å². The number of nitriles is 2. The summed E-state index contributed by atoms with van der Waals surface area (Å²) in [4.78, 5) is 15.3. The highest BCUT2D eigenvalue weighted by molar-refractivity contribution is 6.10. The van der Waals surface area contributed by atoms with Gasteiger partial charge in [-0.3, -0.25) is 10.2 Å². The van der Waals surface area contributed by atoms with E-state index in [0.29, 0.717) is 13.1 Å². The van der Waals surface area contributed by atoms with E-state index >= 15 is 0 Å². The number of hydrazone groups is 1. The van der Waals surface area contributed by atoms with Crippen LogP contribution in [-0.2, 0) is 4.79 Å². The molecule has 7 nitrogen and oxygen atoms in total. The minimum absolute atomic E-state index is 0.0864. The lowest BCUT2D eigenvalue weighted by Gasteiger charge is -2.36. The van der Waals surface area contributed by atoms with Crippen molar-refractivity contribution in [2.45, 2.75) is 6.92 Å². The first-order valence-corrected chi connectivity index (χ1v) is 6.89. The van der Waals surface area contributed by atoms with Crippen LogP contribution in [0, 0.1) is 22.7 Å². The standard InChI is InChI=1S/C15H16N6O/c1-12(22)20-6-8-21(9-7-20)15-5-3-2-4-14(15)19-18-13(10-16)11-17/h2-5,19H,6-9H2,1H3. The Hall–Kier alpha value is -3.06. The zero-order chi connectivity index (χ0) is 15.9. The lowest BCUT2D eigenvalue weighted by Crippen LogP contribution is -2.48. The number of rotatable bonds is 3. The molecule has 22 heavy (non-hydrogen) atoms. The van der Waals surface area contributed by atoms with Crippen LogP contribution in [0.25, 0.3) is 0 Å². The van der Waals surface area contributed by atoms with Crippen LogP contribution < -0.4 is 10.3 Å². The van der Waals surface area contributed by atoms with Gasteiger partial charge in [0.05, 0.1) is 11.4 Å². The zero-order valence-electron chi connectivity index (χ0n) is 12.3. The normalized spacial score (nSPS) is 13.8. The number of hydrogen-bond acceptors (Lipinski definition) is 6. The van der Waals surface area contributed by atoms with E-state index in [4.69, 9.17) is 10.5 Å². The second-order valence-electron chi connectivity index (χ2n) is 4.81. The fraction of sp³-hybridized carbons (Fsp3) is 0.333. The summed E-state index contributed by atoms with van der Waals surface area (Å²) in [6, 6.07) is 11.0. The number of piperazine rings is 1. The maximum absolute atomic E-state index is 11.4. The van der Waals surface area contributed by atoms with Gasteiger partial charge in [-0.1, -0.05) is 12.1 Å². The van der Waals surface area contributed by atoms with E-state index in [-0.39, 0.29) is 11.6 Å². The molecule has 1 aliphatic rings. The van der Waals surface area contributed by atoms with Crippen LogP contribution in [0.1, 0.15) is 6.92 Å². The SMILES string of the molecule is CC(=O)N1CCN(c2ccccc2NN=C(C#N)C#N)CC1. The van der Waals surface area contributed by atoms with Gasteiger partial charge in [0, 0.05) is 33.1 Å². The Labute approximate surface area is 129 Å². The first-order chi connectivity index (χ1) is 10.7. The third kappa shape index (κ3) is 3.53. The molecule has 0 aliphatic carbocycles. The number of nitrogens with zero attached hydrogens (tertiary/aromatic N) is 5. The molecule has 1 amide bonds. The highest BCUT2D eigenvalue weighted by Gasteiger charge is 2.20. The van der Waals surface area contributed by atoms with Crippen molar-refractivity contribution >= 4 is 23.0 Å². The van der Waals surface area contributed by atoms with Crippen molar-refractivity contribution in [3.8, 4) is 12.1 Å². The van der Waals surface area contributed by atoms with Gasteiger partial charge in [0.1, 0.15) is 12.1 Å². The Morgan fingerprint density at radius 2 is 1.82 bits per heavy atom. The fourth-order valence-electron chi connectivity index (χ4n) is 2.30. The number of carbonyl (C=O) groups is 1. The molecule has 0 atom stereocenters. The average Bonchev–Trinajstić information content (AvgIpc) is 2.56. The molecular formula is C15H16N6O. The Morgan fingerprint density at radius 1 is 1.18 bits per heavy atom. The van der Waals surface area contributed by atoms with Gasteiger partial charge in [-0.05, 0) is 12.1 Å². The first kappa shape index (κ1) is 15.3. The Bertz CT molecular complexity index is 645. The van der Waals surface area contributed by atoms with E-state index < -0.39 is 0 Å². The van der Waals surface area contributed by atoms with Crippen molar-refractivity contribution in [2.24, 2.45) is 5.10 Å². The van der Waals surface area contributed by atoms with Crippen LogP contribution in [0.4, 0.5) is 11.4 Å². The van der Waals surface area contributed by atoms with Crippen molar-refractivity contribution in [2.75, 3.05) is 36.5 Å². The van der Waals surface area contributed by atoms with Crippen LogP contribution in [0.3, 0.4) is 0 Å². The summed E-state index contributed by atoms with van der Waals surface area (Å²) in [6.07, 6.45) is 0. The van der Waals surface area contributed by atoms with Crippen molar-refractivity contribution in [1.82, 2.24) is 4.90 Å². The number of benzene rings is 1. The van der Waals surface area contributed by atoms with E-state index in [2.05, 4.69) is 15.4 Å². The molecule has 0 saturated carbocycles. The second-order valence-corrected chi connectivity index (χ2v) is 4.81. The number of amides is 1. The van der Waals surface area contributed by atoms with Crippen molar-refractivity contribution < 1.29 is 4.79 Å². The molecule has 1 saturated heterocycles. The first-order valence-electron chi connectivity index (χ1n) is 6.89. The summed E-state index contributed by atoms with van der Waals surface area (Å²) in [5.41, 5.74) is 4.20. The smallest absolute Gasteiger partial charge is 0.237 e. The fourth-order valence-corrected chi connectivity index (χ4v) is 2.30. The van der Waals surface area contributed by atoms with E-state index in [9.17, 15) is 4.79 Å². The number of nitrogens with one attached hydrogen (secondary N) is 1. The summed E-state index contributed by atoms with van der Waals surface area (Å²) in [5, 5.41) is 21.2. The van der Waals surface area contributed by atoms with Gasteiger partial charge in [-0.25, -0.2) is 0 Å². The highest BCUT2D eigenvalue weighted by Crippen LogP contribution is 2.26. The third-order valence-corrected chi connectivity index (χ3v) is 3.47. The summed E-state index contributed by atoms with van der Waals surface area (Å²) in [7, 11) is 0. The second kappa shape index (κ2) is 7.09. The predicted octanol–water partition coefficient (Wildman–Crippen LogP) is 1.17. The van der Waals surface area contributed by atoms with E-state index in [1.807, 2.05) is 29.2 Å². The molecule has 7 heteroatoms. The third-order valence-electron chi connectivity index (χ3n) is 3.47. The highest BCUT2D eigenvalue weighted by atomic mass is 16.2. The van der Waals surface area contributed by atoms with Crippen LogP contribution in [0.5, 0.6) is 0 Å². The lowest BCUT2D eigenvalue weighted by molar-refractivity contribution is -0.129. The van der Waals surface area contributed by atoms with Gasteiger partial charge < -0.3 is 9.80 Å². The van der Waals surface area contributed by atoms with Gasteiger partial charge in [-0.2, -0.15) is 15.6 Å². The van der Waals surface area contributed by atoms with Gasteiger partial charge in [0.2, 0.25) is 11.6 Å². The predicted molar refractivity (Wildman–Crippen MR) is 83.2 cm³/mol. The minimum atomic E-state index is -0.226. The minimum Gasteiger partial charge on any atom is -0.366 e. The maximum Gasteiger partial charge on any atom is 0.237 e. The van der Waals surface area contributed by atoms with Crippen molar-refractivity contribution in [3.63, 3.8) is 0 Å². The topological polar surface area (TPSA) is 95.5 Å². The van der Waals surface area contributed by atoms with Crippen LogP contribution in [0.2, 0.25) is 0 Å². The molecule has 0 unspecified atom stereocenters. The van der Waals surface area contributed by atoms with Crippen LogP contribution in [-0.4, -0.2) is 42.7 Å². The summed E-state index contributed by atoms with van der Waals surface area (Å²) in [6.45, 7) is 4.38. The largest absolute Gasteiger partial charge is 0.366 e. The molecule has 0 aromatic heterocycles. The van der Waals surface area contributed by atoms with E-state index in [1.165, 1.54) is 0 Å². The summed E-state index contributed by atoms with van der Waals surface area (Å²) in [5.74, 6) is 0.0864. The number of hydrogen-bond donors (Lipinski definition) is 1. The van der Waals surface area contributed by atoms with Crippen molar-refractivity contribution in [1.29, 1.82) is 10.5 Å². The van der Waals surface area contributed by atoms with Gasteiger partial charge >= 0.3 is 0 Å². The molecule has 112 valence electrons. The molecule has 1 aromatic rings. The van der Waals surface area contributed by atoms with Crippen molar-refractivity contribution in [3.05, 3.63) is 24.3 Å². The molecule has 1 N–H and O–H groups in total. The molecular weight excluding hydrogens is 280 g/mol. The number of carbonyl (C=O) groups excluding carboxylic acids is 1. The molecule has 0 spiro atoms. The average molecular weight is 296 g/mol. The zero-order valence-corrected chi connectivity index (χ0v) is 12.3. The molecule has 2 rings (SSSR count). The Morgan fingerprint density at radius 3 is 2.41 bits per heavy atom. The molecule has 0 radical (unpaired) electrons. The molecule has 1 aromatic carbocycles. The monoisotopic (exact) mass is 296 g/mol. The Balaban J connectivity index is 2.13. The summed E-state index contributed by atoms with van der Waals surface area (Å²) >= 11 is 0. The van der Waals surface area contributed by atoms with Gasteiger partial charge in [-0.15, -0.1) is 0 Å². The number of anilines is 2. The molecule has 1 aliphatic heterocycles. The quantitative estimate of drug-likeness (QED) is 0.667. The molecule has 1 fully saturated rings.